The quantitative estimate of drug-likeness (QED) is 0.411. The highest BCUT2D eigenvalue weighted by molar-refractivity contribution is 5.43. The molecule has 0 aliphatic heterocycles. The predicted octanol–water partition coefficient (Wildman–Crippen LogP) is 5.11. The maximum Gasteiger partial charge on any atom is 0.227 e. The molecule has 2 aromatic carbocycles. The van der Waals surface area contributed by atoms with E-state index >= 15 is 0 Å². The average molecular weight is 456 g/mol. The largest absolute Gasteiger partial charge is 0.438 e. The summed E-state index contributed by atoms with van der Waals surface area (Å²) < 4.78 is 27.4. The molecule has 1 N–H and O–H groups in total. The number of rotatable bonds is 12. The van der Waals surface area contributed by atoms with Crippen molar-refractivity contribution in [2.45, 2.75) is 52.9 Å². The molecule has 3 rings (SSSR count). The highest BCUT2D eigenvalue weighted by Gasteiger charge is 2.22. The van der Waals surface area contributed by atoms with Gasteiger partial charge in [0.05, 0.1) is 35.8 Å². The number of hydrogen-bond acceptors (Lipinski definition) is 5. The third-order valence-corrected chi connectivity index (χ3v) is 5.16. The van der Waals surface area contributed by atoms with Crippen LogP contribution in [0.1, 0.15) is 38.4 Å². The Morgan fingerprint density at radius 3 is 2.55 bits per heavy atom. The van der Waals surface area contributed by atoms with Crippen LogP contribution in [0, 0.1) is 12.7 Å². The van der Waals surface area contributed by atoms with E-state index in [2.05, 4.69) is 11.8 Å². The SMILES string of the molecule is CCCN(Cc1c(C)nn(-c2ccccc2)c1Oc1cccc(F)c1)C[C@H](O)COC(C)C. The fraction of sp³-hybridized carbons (Fsp3) is 0.423. The molecule has 0 fully saturated rings. The van der Waals surface area contributed by atoms with Crippen molar-refractivity contribution in [2.24, 2.45) is 0 Å². The van der Waals surface area contributed by atoms with Gasteiger partial charge in [0.25, 0.3) is 0 Å². The summed E-state index contributed by atoms with van der Waals surface area (Å²) in [6.45, 7) is 10.0. The van der Waals surface area contributed by atoms with Crippen molar-refractivity contribution in [3.63, 3.8) is 0 Å². The van der Waals surface area contributed by atoms with Crippen LogP contribution in [0.2, 0.25) is 0 Å². The number of nitrogens with zero attached hydrogens (tertiary/aromatic N) is 3. The lowest BCUT2D eigenvalue weighted by Gasteiger charge is -2.25. The van der Waals surface area contributed by atoms with Crippen LogP contribution in [0.3, 0.4) is 0 Å². The third kappa shape index (κ3) is 7.12. The molecular weight excluding hydrogens is 421 g/mol. The second-order valence-electron chi connectivity index (χ2n) is 8.45. The Hall–Kier alpha value is -2.74. The van der Waals surface area contributed by atoms with Gasteiger partial charge in [0.2, 0.25) is 5.88 Å². The lowest BCUT2D eigenvalue weighted by atomic mass is 10.2. The van der Waals surface area contributed by atoms with Crippen molar-refractivity contribution in [2.75, 3.05) is 19.7 Å². The van der Waals surface area contributed by atoms with E-state index in [0.29, 0.717) is 24.7 Å². The fourth-order valence-electron chi connectivity index (χ4n) is 3.64. The fourth-order valence-corrected chi connectivity index (χ4v) is 3.64. The Kier molecular flexibility index (Phi) is 9.00. The van der Waals surface area contributed by atoms with Gasteiger partial charge in [-0.15, -0.1) is 0 Å². The molecule has 3 aromatic rings. The summed E-state index contributed by atoms with van der Waals surface area (Å²) in [5.41, 5.74) is 2.57. The second-order valence-corrected chi connectivity index (χ2v) is 8.45. The molecule has 0 unspecified atom stereocenters. The number of aliphatic hydroxyl groups is 1. The van der Waals surface area contributed by atoms with Crippen molar-refractivity contribution >= 4 is 0 Å². The monoisotopic (exact) mass is 455 g/mol. The van der Waals surface area contributed by atoms with Crippen LogP contribution >= 0.6 is 0 Å². The highest BCUT2D eigenvalue weighted by Crippen LogP contribution is 2.32. The number of hydrogen-bond donors (Lipinski definition) is 1. The number of ether oxygens (including phenoxy) is 2. The molecule has 1 aromatic heterocycles. The van der Waals surface area contributed by atoms with Gasteiger partial charge in [-0.2, -0.15) is 5.10 Å². The van der Waals surface area contributed by atoms with Gasteiger partial charge in [-0.25, -0.2) is 9.07 Å². The van der Waals surface area contributed by atoms with Crippen molar-refractivity contribution in [3.8, 4) is 17.3 Å². The van der Waals surface area contributed by atoms with Gasteiger partial charge in [-0.3, -0.25) is 4.90 Å². The number of aromatic nitrogens is 2. The smallest absolute Gasteiger partial charge is 0.227 e. The van der Waals surface area contributed by atoms with Gasteiger partial charge in [0.15, 0.2) is 0 Å². The van der Waals surface area contributed by atoms with Gasteiger partial charge in [-0.1, -0.05) is 31.2 Å². The van der Waals surface area contributed by atoms with E-state index in [4.69, 9.17) is 14.6 Å². The summed E-state index contributed by atoms with van der Waals surface area (Å²) in [5.74, 6) is 0.580. The Morgan fingerprint density at radius 1 is 1.12 bits per heavy atom. The van der Waals surface area contributed by atoms with E-state index in [1.54, 1.807) is 16.8 Å². The molecule has 0 spiro atoms. The zero-order chi connectivity index (χ0) is 23.8. The molecule has 0 radical (unpaired) electrons. The Bertz CT molecular complexity index is 1010. The molecule has 1 heterocycles. The molecule has 7 heteroatoms. The molecule has 6 nitrogen and oxygen atoms in total. The van der Waals surface area contributed by atoms with Crippen LogP contribution in [0.25, 0.3) is 5.69 Å². The van der Waals surface area contributed by atoms with Gasteiger partial charge in [-0.05, 0) is 58.0 Å². The van der Waals surface area contributed by atoms with E-state index in [1.165, 1.54) is 12.1 Å². The molecule has 0 bridgehead atoms. The van der Waals surface area contributed by atoms with Crippen LogP contribution in [0.4, 0.5) is 4.39 Å². The van der Waals surface area contributed by atoms with E-state index in [-0.39, 0.29) is 18.5 Å². The molecule has 1 atom stereocenters. The molecular formula is C26H34FN3O3. The lowest BCUT2D eigenvalue weighted by molar-refractivity contribution is -0.00957. The zero-order valence-corrected chi connectivity index (χ0v) is 19.9. The number of aliphatic hydroxyl groups excluding tert-OH is 1. The lowest BCUT2D eigenvalue weighted by Crippen LogP contribution is -2.35. The topological polar surface area (TPSA) is 59.8 Å². The summed E-state index contributed by atoms with van der Waals surface area (Å²) in [6.07, 6.45) is 0.400. The predicted molar refractivity (Wildman–Crippen MR) is 127 cm³/mol. The Morgan fingerprint density at radius 2 is 1.88 bits per heavy atom. The summed E-state index contributed by atoms with van der Waals surface area (Å²) in [7, 11) is 0. The van der Waals surface area contributed by atoms with Crippen molar-refractivity contribution in [1.82, 2.24) is 14.7 Å². The minimum Gasteiger partial charge on any atom is -0.438 e. The Balaban J connectivity index is 1.92. The second kappa shape index (κ2) is 11.9. The normalized spacial score (nSPS) is 12.5. The van der Waals surface area contributed by atoms with E-state index < -0.39 is 6.10 Å². The van der Waals surface area contributed by atoms with Gasteiger partial charge < -0.3 is 14.6 Å². The highest BCUT2D eigenvalue weighted by atomic mass is 19.1. The summed E-state index contributed by atoms with van der Waals surface area (Å²) >= 11 is 0. The number of halogens is 1. The molecule has 178 valence electrons. The minimum atomic E-state index is -0.601. The average Bonchev–Trinajstić information content (AvgIpc) is 3.08. The van der Waals surface area contributed by atoms with E-state index in [0.717, 1.165) is 29.9 Å². The van der Waals surface area contributed by atoms with Crippen molar-refractivity contribution < 1.29 is 19.0 Å². The van der Waals surface area contributed by atoms with Crippen LogP contribution in [0.5, 0.6) is 11.6 Å². The zero-order valence-electron chi connectivity index (χ0n) is 19.9. The summed E-state index contributed by atoms with van der Waals surface area (Å²) in [5, 5.41) is 15.2. The molecule has 33 heavy (non-hydrogen) atoms. The standard InChI is InChI=1S/C26H34FN3O3/c1-5-14-29(16-23(31)18-32-19(2)3)17-25-20(4)28-30(22-11-7-6-8-12-22)26(25)33-24-13-9-10-21(27)15-24/h6-13,15,19,23,31H,5,14,16-18H2,1-4H3/t23-/m0/s1. The van der Waals surface area contributed by atoms with Crippen molar-refractivity contribution in [3.05, 3.63) is 71.7 Å². The number of para-hydroxylation sites is 1. The van der Waals surface area contributed by atoms with E-state index in [9.17, 15) is 9.50 Å². The van der Waals surface area contributed by atoms with Crippen LogP contribution in [0.15, 0.2) is 54.6 Å². The van der Waals surface area contributed by atoms with Crippen LogP contribution in [-0.4, -0.2) is 51.7 Å². The van der Waals surface area contributed by atoms with Gasteiger partial charge in [0.1, 0.15) is 11.6 Å². The van der Waals surface area contributed by atoms with Gasteiger partial charge in [0, 0.05) is 19.2 Å². The van der Waals surface area contributed by atoms with Crippen LogP contribution < -0.4 is 4.74 Å². The first-order valence-electron chi connectivity index (χ1n) is 11.5. The third-order valence-electron chi connectivity index (χ3n) is 5.16. The summed E-state index contributed by atoms with van der Waals surface area (Å²) in [6, 6.07) is 15.8. The molecule has 0 aliphatic rings. The van der Waals surface area contributed by atoms with Gasteiger partial charge >= 0.3 is 0 Å². The molecule has 0 aliphatic carbocycles. The summed E-state index contributed by atoms with van der Waals surface area (Å²) in [4.78, 5) is 2.17. The minimum absolute atomic E-state index is 0.0666. The van der Waals surface area contributed by atoms with Crippen LogP contribution in [-0.2, 0) is 11.3 Å². The number of benzene rings is 2. The first-order chi connectivity index (χ1) is 15.9. The number of aryl methyl sites for hydroxylation is 1. The first kappa shape index (κ1) is 24.9. The maximum atomic E-state index is 13.8. The van der Waals surface area contributed by atoms with Crippen molar-refractivity contribution in [1.29, 1.82) is 0 Å². The molecule has 0 saturated heterocycles. The first-order valence-corrected chi connectivity index (χ1v) is 11.5. The maximum absolute atomic E-state index is 13.8. The molecule has 0 saturated carbocycles. The van der Waals surface area contributed by atoms with E-state index in [1.807, 2.05) is 51.1 Å². The molecule has 0 amide bonds. The Labute approximate surface area is 195 Å².